The van der Waals surface area contributed by atoms with Crippen molar-refractivity contribution in [3.8, 4) is 0 Å². The fourth-order valence-corrected chi connectivity index (χ4v) is 1.76. The van der Waals surface area contributed by atoms with Crippen LogP contribution < -0.4 is 0 Å². The Morgan fingerprint density at radius 2 is 1.88 bits per heavy atom. The molecule has 0 aromatic heterocycles. The van der Waals surface area contributed by atoms with Gasteiger partial charge in [-0.3, -0.25) is 4.57 Å². The predicted octanol–water partition coefficient (Wildman–Crippen LogP) is 0.717. The molecule has 0 amide bonds. The van der Waals surface area contributed by atoms with Gasteiger partial charge in [-0.2, -0.15) is 0 Å². The lowest BCUT2D eigenvalue weighted by atomic mass is 10.00. The predicted molar refractivity (Wildman–Crippen MR) is 29.7 cm³/mol. The maximum absolute atomic E-state index is 10.3. The first-order valence-electron chi connectivity index (χ1n) is 2.66. The van der Waals surface area contributed by atoms with Crippen molar-refractivity contribution >= 4 is 7.60 Å². The molecule has 0 heterocycles. The molecule has 0 spiro atoms. The van der Waals surface area contributed by atoms with E-state index in [1.54, 1.807) is 0 Å². The molecule has 0 bridgehead atoms. The van der Waals surface area contributed by atoms with Crippen molar-refractivity contribution in [3.63, 3.8) is 0 Å². The van der Waals surface area contributed by atoms with E-state index in [-0.39, 0.29) is 5.66 Å². The van der Waals surface area contributed by atoms with Gasteiger partial charge in [-0.25, -0.2) is 0 Å². The fourth-order valence-electron chi connectivity index (χ4n) is 0.723. The monoisotopic (exact) mass is 136 g/mol. The molecule has 0 unspecified atom stereocenters. The Hall–Kier alpha value is 0.150. The summed E-state index contributed by atoms with van der Waals surface area (Å²) in [6, 6.07) is 0. The van der Waals surface area contributed by atoms with Crippen LogP contribution in [0.25, 0.3) is 0 Å². The van der Waals surface area contributed by atoms with Crippen LogP contribution >= 0.6 is 7.60 Å². The minimum Gasteiger partial charge on any atom is -0.324 e. The van der Waals surface area contributed by atoms with Crippen LogP contribution in [0.5, 0.6) is 0 Å². The number of rotatable bonds is 1. The third-order valence-electron chi connectivity index (χ3n) is 1.55. The van der Waals surface area contributed by atoms with E-state index < -0.39 is 7.60 Å². The van der Waals surface area contributed by atoms with Crippen LogP contribution in [0.1, 0.15) is 19.3 Å². The molecule has 3 nitrogen and oxygen atoms in total. The van der Waals surface area contributed by atoms with Gasteiger partial charge in [0.2, 0.25) is 0 Å². The first-order valence-corrected chi connectivity index (χ1v) is 4.34. The molecule has 0 aromatic carbocycles. The highest BCUT2D eigenvalue weighted by atomic mass is 31.2. The minimum atomic E-state index is -3.67. The van der Waals surface area contributed by atoms with Gasteiger partial charge in [-0.1, -0.05) is 6.42 Å². The van der Waals surface area contributed by atoms with Gasteiger partial charge in [0, 0.05) is 0 Å². The maximum Gasteiger partial charge on any atom is 0.328 e. The van der Waals surface area contributed by atoms with Gasteiger partial charge in [-0.05, 0) is 12.8 Å². The molecule has 0 aromatic rings. The van der Waals surface area contributed by atoms with E-state index in [4.69, 9.17) is 9.79 Å². The van der Waals surface area contributed by atoms with E-state index in [0.717, 1.165) is 6.42 Å². The topological polar surface area (TPSA) is 57.5 Å². The van der Waals surface area contributed by atoms with Gasteiger partial charge >= 0.3 is 7.60 Å². The molecule has 1 aliphatic rings. The molecule has 0 radical (unpaired) electrons. The minimum absolute atomic E-state index is 0.303. The Balaban J connectivity index is 2.46. The summed E-state index contributed by atoms with van der Waals surface area (Å²) in [4.78, 5) is 16.9. The van der Waals surface area contributed by atoms with Crippen molar-refractivity contribution in [2.75, 3.05) is 0 Å². The van der Waals surface area contributed by atoms with E-state index in [2.05, 4.69) is 0 Å². The molecule has 0 atom stereocenters. The molecule has 0 aliphatic heterocycles. The average Bonchev–Trinajstić information content (AvgIpc) is 1.16. The highest BCUT2D eigenvalue weighted by molar-refractivity contribution is 7.52. The molecule has 0 saturated heterocycles. The zero-order chi connectivity index (χ0) is 6.20. The molecule has 2 N–H and O–H groups in total. The molecule has 1 fully saturated rings. The summed E-state index contributed by atoms with van der Waals surface area (Å²) >= 11 is 0. The van der Waals surface area contributed by atoms with Gasteiger partial charge in [0.1, 0.15) is 0 Å². The third kappa shape index (κ3) is 1.10. The van der Waals surface area contributed by atoms with Crippen molar-refractivity contribution in [1.29, 1.82) is 0 Å². The molecular weight excluding hydrogens is 127 g/mol. The van der Waals surface area contributed by atoms with Gasteiger partial charge in [0.05, 0.1) is 5.66 Å². The van der Waals surface area contributed by atoms with Crippen molar-refractivity contribution in [2.24, 2.45) is 0 Å². The number of hydrogen-bond acceptors (Lipinski definition) is 1. The van der Waals surface area contributed by atoms with Crippen molar-refractivity contribution in [3.05, 3.63) is 0 Å². The summed E-state index contributed by atoms with van der Waals surface area (Å²) in [6.45, 7) is 0. The standard InChI is InChI=1S/C4H9O3P/c5-8(6,7)4-2-1-3-4/h4H,1-3H2,(H2,5,6,7). The summed E-state index contributed by atoms with van der Waals surface area (Å²) in [7, 11) is -3.67. The van der Waals surface area contributed by atoms with Crippen LogP contribution in [0.15, 0.2) is 0 Å². The highest BCUT2D eigenvalue weighted by Crippen LogP contribution is 2.50. The van der Waals surface area contributed by atoms with Crippen LogP contribution in [0.2, 0.25) is 0 Å². The maximum atomic E-state index is 10.3. The van der Waals surface area contributed by atoms with Gasteiger partial charge in [-0.15, -0.1) is 0 Å². The van der Waals surface area contributed by atoms with Crippen LogP contribution in [0, 0.1) is 0 Å². The Morgan fingerprint density at radius 3 is 1.88 bits per heavy atom. The molecule has 1 saturated carbocycles. The fraction of sp³-hybridized carbons (Fsp3) is 1.00. The van der Waals surface area contributed by atoms with Crippen LogP contribution in [-0.4, -0.2) is 15.4 Å². The largest absolute Gasteiger partial charge is 0.328 e. The van der Waals surface area contributed by atoms with E-state index in [9.17, 15) is 4.57 Å². The zero-order valence-electron chi connectivity index (χ0n) is 4.45. The van der Waals surface area contributed by atoms with Crippen LogP contribution in [0.4, 0.5) is 0 Å². The van der Waals surface area contributed by atoms with E-state index in [1.165, 1.54) is 0 Å². The highest BCUT2D eigenvalue weighted by Gasteiger charge is 2.33. The first-order chi connectivity index (χ1) is 3.61. The Morgan fingerprint density at radius 1 is 1.38 bits per heavy atom. The second-order valence-electron chi connectivity index (χ2n) is 2.17. The lowest BCUT2D eigenvalue weighted by Gasteiger charge is -2.25. The second kappa shape index (κ2) is 1.83. The number of hydrogen-bond donors (Lipinski definition) is 2. The van der Waals surface area contributed by atoms with E-state index in [1.807, 2.05) is 0 Å². The smallest absolute Gasteiger partial charge is 0.324 e. The molecule has 1 rings (SSSR count). The zero-order valence-corrected chi connectivity index (χ0v) is 5.34. The van der Waals surface area contributed by atoms with E-state index >= 15 is 0 Å². The quantitative estimate of drug-likeness (QED) is 0.522. The normalized spacial score (nSPS) is 22.8. The van der Waals surface area contributed by atoms with Crippen LogP contribution in [-0.2, 0) is 4.57 Å². The molecule has 48 valence electrons. The first kappa shape index (κ1) is 6.27. The van der Waals surface area contributed by atoms with Gasteiger partial charge < -0.3 is 9.79 Å². The summed E-state index contributed by atoms with van der Waals surface area (Å²) in [5.74, 6) is 0. The Kier molecular flexibility index (Phi) is 1.44. The van der Waals surface area contributed by atoms with Crippen molar-refractivity contribution in [1.82, 2.24) is 0 Å². The lowest BCUT2D eigenvalue weighted by molar-refractivity contribution is 0.326. The molecular formula is C4H9O3P. The van der Waals surface area contributed by atoms with E-state index in [0.29, 0.717) is 12.8 Å². The SMILES string of the molecule is O=P(O)(O)C1CCC1. The lowest BCUT2D eigenvalue weighted by Crippen LogP contribution is -2.17. The second-order valence-corrected chi connectivity index (χ2v) is 4.08. The summed E-state index contributed by atoms with van der Waals surface area (Å²) in [5.41, 5.74) is -0.303. The molecule has 4 heteroatoms. The van der Waals surface area contributed by atoms with Crippen LogP contribution in [0.3, 0.4) is 0 Å². The summed E-state index contributed by atoms with van der Waals surface area (Å²) < 4.78 is 10.3. The van der Waals surface area contributed by atoms with Crippen molar-refractivity contribution < 1.29 is 14.4 Å². The molecule has 1 aliphatic carbocycles. The Bertz CT molecular complexity index is 123. The third-order valence-corrected chi connectivity index (χ3v) is 3.02. The van der Waals surface area contributed by atoms with Crippen molar-refractivity contribution in [2.45, 2.75) is 24.9 Å². The summed E-state index contributed by atoms with van der Waals surface area (Å²) in [5, 5.41) is 0. The molecule has 8 heavy (non-hydrogen) atoms. The van der Waals surface area contributed by atoms with Gasteiger partial charge in [0.25, 0.3) is 0 Å². The Labute approximate surface area is 47.9 Å². The summed E-state index contributed by atoms with van der Waals surface area (Å²) in [6.07, 6.45) is 2.41. The van der Waals surface area contributed by atoms with Gasteiger partial charge in [0.15, 0.2) is 0 Å². The average molecular weight is 136 g/mol.